The second-order valence-electron chi connectivity index (χ2n) is 17.5. The highest BCUT2D eigenvalue weighted by Gasteiger charge is 2.76. The van der Waals surface area contributed by atoms with Gasteiger partial charge < -0.3 is 33.9 Å². The first-order valence-corrected chi connectivity index (χ1v) is 20.2. The summed E-state index contributed by atoms with van der Waals surface area (Å²) >= 11 is 0. The number of methoxy groups -OCH3 is 2. The topological polar surface area (TPSA) is 121 Å². The number of nitrogens with one attached hydrogen (secondary N) is 1. The van der Waals surface area contributed by atoms with E-state index in [1.165, 1.54) is 12.7 Å². The van der Waals surface area contributed by atoms with Gasteiger partial charge >= 0.3 is 5.97 Å². The standard InChI is InChI=1S/C47H55N3O7/c1-25(2)14-13-21-45(8)22-20-30-39(56-45)29(18-17-26(3)4)41-35(40(30)54-9)37-36-38(50-34-16-12-11-15-33(34)48-44(50)49-37)31-24-32(27(5)6)47(36,57-41)46(53,42(31)51)23-19-28(7)43(52)55-10/h11-12,14-17,19-20,22,27,31-32,38,53H,13,18,21,23-24H2,1-10H3,(H,48,49)/b28-19-. The molecule has 1 aromatic heterocycles. The van der Waals surface area contributed by atoms with Crippen molar-refractivity contribution in [2.45, 2.75) is 110 Å². The zero-order valence-corrected chi connectivity index (χ0v) is 34.8. The predicted molar refractivity (Wildman–Crippen MR) is 222 cm³/mol. The van der Waals surface area contributed by atoms with Crippen LogP contribution in [-0.4, -0.2) is 57.4 Å². The number of para-hydroxylation sites is 2. The highest BCUT2D eigenvalue weighted by atomic mass is 16.5. The number of fused-ring (bicyclic) bond motifs is 8. The first-order valence-electron chi connectivity index (χ1n) is 20.2. The van der Waals surface area contributed by atoms with Crippen molar-refractivity contribution < 1.29 is 33.6 Å². The normalized spacial score (nSPS) is 27.8. The smallest absolute Gasteiger partial charge is 0.333 e. The van der Waals surface area contributed by atoms with Gasteiger partial charge in [0.25, 0.3) is 0 Å². The Balaban J connectivity index is 1.47. The van der Waals surface area contributed by atoms with Crippen LogP contribution in [0, 0.1) is 17.8 Å². The van der Waals surface area contributed by atoms with Crippen LogP contribution in [-0.2, 0) is 20.7 Å². The van der Waals surface area contributed by atoms with Crippen LogP contribution in [0.1, 0.15) is 104 Å². The molecule has 6 unspecified atom stereocenters. The highest BCUT2D eigenvalue weighted by molar-refractivity contribution is 6.03. The Morgan fingerprint density at radius 2 is 1.81 bits per heavy atom. The number of imidazole rings is 1. The molecule has 6 atom stereocenters. The maximum atomic E-state index is 15.3. The van der Waals surface area contributed by atoms with Gasteiger partial charge in [-0.25, -0.2) is 9.78 Å². The molecule has 3 saturated carbocycles. The van der Waals surface area contributed by atoms with Crippen molar-refractivity contribution in [1.82, 2.24) is 9.55 Å². The van der Waals surface area contributed by atoms with Gasteiger partial charge in [0, 0.05) is 35.0 Å². The van der Waals surface area contributed by atoms with Crippen LogP contribution in [0.4, 0.5) is 5.95 Å². The Hall–Kier alpha value is -5.09. The van der Waals surface area contributed by atoms with Crippen molar-refractivity contribution in [3.8, 4) is 17.2 Å². The van der Waals surface area contributed by atoms with Crippen LogP contribution in [0.25, 0.3) is 22.8 Å². The van der Waals surface area contributed by atoms with Gasteiger partial charge in [0.2, 0.25) is 5.95 Å². The molecule has 4 heterocycles. The molecule has 6 aliphatic rings. The van der Waals surface area contributed by atoms with Crippen molar-refractivity contribution in [2.75, 3.05) is 19.5 Å². The lowest BCUT2D eigenvalue weighted by Gasteiger charge is -2.66. The third-order valence-electron chi connectivity index (χ3n) is 12.9. The number of ketones is 1. The number of carbonyl (C=O) groups excluding carboxylic acids is 2. The molecule has 300 valence electrons. The number of anilines is 1. The van der Waals surface area contributed by atoms with Crippen molar-refractivity contribution in [3.63, 3.8) is 0 Å². The largest absolute Gasteiger partial charge is 0.495 e. The summed E-state index contributed by atoms with van der Waals surface area (Å²) in [5.41, 5.74) is 3.98. The number of Topliss-reactive ketones (excluding diaryl/α,β-unsaturated/α-hetero) is 1. The summed E-state index contributed by atoms with van der Waals surface area (Å²) in [6, 6.07) is 7.43. The van der Waals surface area contributed by atoms with E-state index in [2.05, 4.69) is 82.7 Å². The third-order valence-corrected chi connectivity index (χ3v) is 12.9. The molecule has 0 radical (unpaired) electrons. The number of hydrogen-bond donors (Lipinski definition) is 2. The van der Waals surface area contributed by atoms with Gasteiger partial charge in [-0.3, -0.25) is 4.79 Å². The van der Waals surface area contributed by atoms with Gasteiger partial charge in [-0.2, -0.15) is 0 Å². The van der Waals surface area contributed by atoms with Gasteiger partial charge in [-0.15, -0.1) is 0 Å². The zero-order chi connectivity index (χ0) is 40.8. The number of carbonyl (C=O) groups is 2. The third kappa shape index (κ3) is 5.64. The molecule has 1 spiro atoms. The number of benzene rings is 2. The summed E-state index contributed by atoms with van der Waals surface area (Å²) < 4.78 is 28.4. The van der Waals surface area contributed by atoms with E-state index in [1.807, 2.05) is 24.3 Å². The van der Waals surface area contributed by atoms with Crippen LogP contribution in [0.2, 0.25) is 0 Å². The average molecular weight is 774 g/mol. The Kier molecular flexibility index (Phi) is 9.38. The molecule has 10 heteroatoms. The summed E-state index contributed by atoms with van der Waals surface area (Å²) in [5, 5.41) is 17.2. The van der Waals surface area contributed by atoms with Crippen LogP contribution in [0.15, 0.2) is 70.9 Å². The molecular formula is C47H55N3O7. The van der Waals surface area contributed by atoms with Gasteiger partial charge in [-0.05, 0) is 97.4 Å². The van der Waals surface area contributed by atoms with Crippen LogP contribution in [0.5, 0.6) is 17.2 Å². The van der Waals surface area contributed by atoms with Gasteiger partial charge in [0.05, 0.1) is 48.1 Å². The maximum absolute atomic E-state index is 15.3. The monoisotopic (exact) mass is 773 g/mol. The van der Waals surface area contributed by atoms with Crippen LogP contribution in [0.3, 0.4) is 0 Å². The minimum Gasteiger partial charge on any atom is -0.495 e. The Bertz CT molecular complexity index is 2370. The number of esters is 1. The number of rotatable bonds is 10. The summed E-state index contributed by atoms with van der Waals surface area (Å²) in [4.78, 5) is 33.1. The fourth-order valence-electron chi connectivity index (χ4n) is 10.2. The molecule has 2 N–H and O–H groups in total. The van der Waals surface area contributed by atoms with Crippen molar-refractivity contribution in [1.29, 1.82) is 0 Å². The molecule has 3 aromatic rings. The Morgan fingerprint density at radius 1 is 1.07 bits per heavy atom. The fraction of sp³-hybridized carbons (Fsp3) is 0.468. The zero-order valence-electron chi connectivity index (χ0n) is 34.8. The van der Waals surface area contributed by atoms with Crippen molar-refractivity contribution >= 4 is 40.5 Å². The molecule has 10 nitrogen and oxygen atoms in total. The molecule has 2 aromatic carbocycles. The minimum atomic E-state index is -2.05. The molecule has 3 aliphatic carbocycles. The average Bonchev–Trinajstić information content (AvgIpc) is 3.55. The van der Waals surface area contributed by atoms with E-state index in [0.29, 0.717) is 47.2 Å². The number of ether oxygens (including phenoxy) is 4. The molecule has 3 fully saturated rings. The lowest BCUT2D eigenvalue weighted by atomic mass is 9.46. The SMILES string of the molecule is COC(=O)/C(C)=C\CC1(O)C(=O)C2CC(C(C)C)C13Oc1c(CC=C(C)C)c4c(c(OC)c1C1=C3C2n2c(nc3ccccc32)N1)C=CC(C)(CCC=C(C)C)O4. The Labute approximate surface area is 335 Å². The lowest BCUT2D eigenvalue weighted by molar-refractivity contribution is -0.210. The number of aromatic nitrogens is 2. The quantitative estimate of drug-likeness (QED) is 0.118. The molecular weight excluding hydrogens is 719 g/mol. The number of aliphatic hydroxyl groups is 1. The molecule has 0 saturated heterocycles. The second-order valence-corrected chi connectivity index (χ2v) is 17.5. The van der Waals surface area contributed by atoms with Crippen LogP contribution < -0.4 is 19.5 Å². The summed E-state index contributed by atoms with van der Waals surface area (Å²) in [7, 11) is 2.99. The van der Waals surface area contributed by atoms with E-state index < -0.39 is 34.7 Å². The van der Waals surface area contributed by atoms with E-state index >= 15 is 4.79 Å². The van der Waals surface area contributed by atoms with E-state index in [1.54, 1.807) is 20.1 Å². The number of nitrogens with zero attached hydrogens (tertiary/aromatic N) is 2. The van der Waals surface area contributed by atoms with Gasteiger partial charge in [0.1, 0.15) is 22.8 Å². The molecule has 57 heavy (non-hydrogen) atoms. The minimum absolute atomic E-state index is 0.00621. The highest BCUT2D eigenvalue weighted by Crippen LogP contribution is 2.69. The maximum Gasteiger partial charge on any atom is 0.333 e. The predicted octanol–water partition coefficient (Wildman–Crippen LogP) is 9.09. The molecule has 9 rings (SSSR count). The van der Waals surface area contributed by atoms with Gasteiger partial charge in [0.15, 0.2) is 17.0 Å². The van der Waals surface area contributed by atoms with E-state index in [4.69, 9.17) is 23.9 Å². The molecule has 2 bridgehead atoms. The summed E-state index contributed by atoms with van der Waals surface area (Å²) in [5.74, 6) is 0.614. The number of allylic oxidation sites excluding steroid dienone is 4. The Morgan fingerprint density at radius 3 is 2.49 bits per heavy atom. The summed E-state index contributed by atoms with van der Waals surface area (Å²) in [6.45, 7) is 16.3. The van der Waals surface area contributed by atoms with Crippen LogP contribution >= 0.6 is 0 Å². The van der Waals surface area contributed by atoms with Crippen molar-refractivity contribution in [2.24, 2.45) is 17.8 Å². The second kappa shape index (κ2) is 13.8. The fourth-order valence-corrected chi connectivity index (χ4v) is 10.2. The summed E-state index contributed by atoms with van der Waals surface area (Å²) in [6.07, 6.45) is 12.7. The van der Waals surface area contributed by atoms with E-state index in [-0.39, 0.29) is 24.0 Å². The first kappa shape index (κ1) is 38.8. The lowest BCUT2D eigenvalue weighted by Crippen LogP contribution is -2.78. The van der Waals surface area contributed by atoms with Gasteiger partial charge in [-0.1, -0.05) is 55.4 Å². The van der Waals surface area contributed by atoms with E-state index in [0.717, 1.165) is 51.8 Å². The van der Waals surface area contributed by atoms with E-state index in [9.17, 15) is 9.90 Å². The number of hydrogen-bond acceptors (Lipinski definition) is 9. The first-order chi connectivity index (χ1) is 27.1. The molecule has 0 amide bonds. The van der Waals surface area contributed by atoms with Crippen molar-refractivity contribution in [3.05, 3.63) is 87.6 Å². The molecule has 3 aliphatic heterocycles.